The fraction of sp³-hybridized carbons (Fsp3) is 0.286. The van der Waals surface area contributed by atoms with E-state index >= 15 is 0 Å². The van der Waals surface area contributed by atoms with Crippen LogP contribution in [0, 0.1) is 0 Å². The molecule has 1 heterocycles. The summed E-state index contributed by atoms with van der Waals surface area (Å²) in [6.45, 7) is 3.63. The number of anilines is 2. The van der Waals surface area contributed by atoms with E-state index in [0.717, 1.165) is 29.4 Å². The summed E-state index contributed by atoms with van der Waals surface area (Å²) in [5.41, 5.74) is 7.73. The number of ether oxygens (including phenoxy) is 1. The minimum atomic E-state index is 0.695. The van der Waals surface area contributed by atoms with E-state index in [4.69, 9.17) is 14.9 Å². The van der Waals surface area contributed by atoms with Gasteiger partial charge in [0.1, 0.15) is 11.5 Å². The first kappa shape index (κ1) is 12.4. The summed E-state index contributed by atoms with van der Waals surface area (Å²) in [5.74, 6) is 1.72. The zero-order valence-electron chi connectivity index (χ0n) is 10.7. The smallest absolute Gasteiger partial charge is 0.123 e. The highest BCUT2D eigenvalue weighted by molar-refractivity contribution is 5.69. The number of nitrogen functional groups attached to an aromatic ring is 1. The van der Waals surface area contributed by atoms with Crippen LogP contribution >= 0.6 is 0 Å². The maximum absolute atomic E-state index is 6.02. The van der Waals surface area contributed by atoms with Gasteiger partial charge in [0.15, 0.2) is 0 Å². The zero-order chi connectivity index (χ0) is 13.0. The monoisotopic (exact) mass is 246 g/mol. The normalized spacial score (nSPS) is 10.3. The van der Waals surface area contributed by atoms with Crippen LogP contribution in [0.1, 0.15) is 12.7 Å². The number of nitrogens with two attached hydrogens (primary N) is 1. The highest BCUT2D eigenvalue weighted by Crippen LogP contribution is 2.29. The number of rotatable bonds is 5. The number of methoxy groups -OCH3 is 1. The first-order chi connectivity index (χ1) is 8.74. The standard InChI is InChI=1S/C14H18N2O2/c1-3-16(10-12-5-4-8-18-12)14-9-11(17-2)6-7-13(14)15/h4-9H,3,10,15H2,1-2H3. The van der Waals surface area contributed by atoms with Crippen LogP contribution < -0.4 is 15.4 Å². The second kappa shape index (κ2) is 5.49. The molecule has 0 saturated carbocycles. The van der Waals surface area contributed by atoms with Crippen LogP contribution in [0.5, 0.6) is 5.75 Å². The second-order valence-electron chi connectivity index (χ2n) is 4.02. The number of hydrogen-bond acceptors (Lipinski definition) is 4. The maximum Gasteiger partial charge on any atom is 0.123 e. The molecular formula is C14H18N2O2. The van der Waals surface area contributed by atoms with Crippen molar-refractivity contribution in [3.05, 3.63) is 42.4 Å². The molecule has 1 aromatic carbocycles. The van der Waals surface area contributed by atoms with E-state index in [1.807, 2.05) is 30.3 Å². The summed E-state index contributed by atoms with van der Waals surface area (Å²) in [4.78, 5) is 2.15. The van der Waals surface area contributed by atoms with E-state index < -0.39 is 0 Å². The Bertz CT molecular complexity index is 495. The van der Waals surface area contributed by atoms with Gasteiger partial charge in [-0.2, -0.15) is 0 Å². The molecule has 0 atom stereocenters. The molecule has 0 saturated heterocycles. The van der Waals surface area contributed by atoms with Crippen LogP contribution in [-0.2, 0) is 6.54 Å². The van der Waals surface area contributed by atoms with Crippen molar-refractivity contribution in [2.24, 2.45) is 0 Å². The Morgan fingerprint density at radius 1 is 1.33 bits per heavy atom. The van der Waals surface area contributed by atoms with Crippen LogP contribution in [0.25, 0.3) is 0 Å². The molecule has 0 bridgehead atoms. The summed E-state index contributed by atoms with van der Waals surface area (Å²) in [6.07, 6.45) is 1.68. The summed E-state index contributed by atoms with van der Waals surface area (Å²) >= 11 is 0. The van der Waals surface area contributed by atoms with E-state index in [1.54, 1.807) is 13.4 Å². The molecule has 0 unspecified atom stereocenters. The molecule has 0 radical (unpaired) electrons. The molecule has 0 aliphatic carbocycles. The van der Waals surface area contributed by atoms with Crippen molar-refractivity contribution in [1.29, 1.82) is 0 Å². The van der Waals surface area contributed by atoms with Crippen LogP contribution in [-0.4, -0.2) is 13.7 Å². The van der Waals surface area contributed by atoms with E-state index in [2.05, 4.69) is 11.8 Å². The Morgan fingerprint density at radius 3 is 2.78 bits per heavy atom. The lowest BCUT2D eigenvalue weighted by Gasteiger charge is -2.24. The van der Waals surface area contributed by atoms with E-state index in [1.165, 1.54) is 0 Å². The molecule has 4 nitrogen and oxygen atoms in total. The topological polar surface area (TPSA) is 51.6 Å². The average molecular weight is 246 g/mol. The van der Waals surface area contributed by atoms with Gasteiger partial charge >= 0.3 is 0 Å². The Kier molecular flexibility index (Phi) is 3.77. The number of furan rings is 1. The minimum absolute atomic E-state index is 0.695. The van der Waals surface area contributed by atoms with Gasteiger partial charge in [-0.3, -0.25) is 0 Å². The van der Waals surface area contributed by atoms with Crippen molar-refractivity contribution in [3.8, 4) is 5.75 Å². The molecule has 2 N–H and O–H groups in total. The van der Waals surface area contributed by atoms with Crippen molar-refractivity contribution in [2.75, 3.05) is 24.3 Å². The van der Waals surface area contributed by atoms with Crippen LogP contribution in [0.15, 0.2) is 41.0 Å². The zero-order valence-corrected chi connectivity index (χ0v) is 10.7. The fourth-order valence-electron chi connectivity index (χ4n) is 1.88. The van der Waals surface area contributed by atoms with Gasteiger partial charge in [0.05, 0.1) is 31.3 Å². The maximum atomic E-state index is 6.02. The van der Waals surface area contributed by atoms with E-state index in [-0.39, 0.29) is 0 Å². The third-order valence-electron chi connectivity index (χ3n) is 2.89. The van der Waals surface area contributed by atoms with Crippen molar-refractivity contribution < 1.29 is 9.15 Å². The predicted octanol–water partition coefficient (Wildman–Crippen LogP) is 2.90. The molecule has 18 heavy (non-hydrogen) atoms. The number of nitrogens with zero attached hydrogens (tertiary/aromatic N) is 1. The lowest BCUT2D eigenvalue weighted by Crippen LogP contribution is -2.22. The average Bonchev–Trinajstić information content (AvgIpc) is 2.90. The Morgan fingerprint density at radius 2 is 2.17 bits per heavy atom. The lowest BCUT2D eigenvalue weighted by atomic mass is 10.2. The second-order valence-corrected chi connectivity index (χ2v) is 4.02. The Hall–Kier alpha value is -2.10. The summed E-state index contributed by atoms with van der Waals surface area (Å²) < 4.78 is 10.6. The summed E-state index contributed by atoms with van der Waals surface area (Å²) in [6, 6.07) is 9.51. The van der Waals surface area contributed by atoms with Gasteiger partial charge in [0, 0.05) is 12.6 Å². The van der Waals surface area contributed by atoms with Crippen LogP contribution in [0.2, 0.25) is 0 Å². The molecule has 0 fully saturated rings. The molecule has 0 spiro atoms. The number of benzene rings is 1. The molecule has 1 aromatic heterocycles. The molecular weight excluding hydrogens is 228 g/mol. The predicted molar refractivity (Wildman–Crippen MR) is 72.8 cm³/mol. The summed E-state index contributed by atoms with van der Waals surface area (Å²) in [5, 5.41) is 0. The fourth-order valence-corrected chi connectivity index (χ4v) is 1.88. The highest BCUT2D eigenvalue weighted by Gasteiger charge is 2.11. The lowest BCUT2D eigenvalue weighted by molar-refractivity contribution is 0.414. The van der Waals surface area contributed by atoms with Gasteiger partial charge in [0.2, 0.25) is 0 Å². The molecule has 0 amide bonds. The Labute approximate surface area is 107 Å². The van der Waals surface area contributed by atoms with Crippen LogP contribution in [0.3, 0.4) is 0 Å². The molecule has 0 aliphatic heterocycles. The van der Waals surface area contributed by atoms with Gasteiger partial charge in [-0.05, 0) is 31.2 Å². The van der Waals surface area contributed by atoms with Crippen LogP contribution in [0.4, 0.5) is 11.4 Å². The quantitative estimate of drug-likeness (QED) is 0.824. The minimum Gasteiger partial charge on any atom is -0.497 e. The molecule has 2 rings (SSSR count). The van der Waals surface area contributed by atoms with Crippen molar-refractivity contribution in [1.82, 2.24) is 0 Å². The third-order valence-corrected chi connectivity index (χ3v) is 2.89. The van der Waals surface area contributed by atoms with Gasteiger partial charge < -0.3 is 19.8 Å². The summed E-state index contributed by atoms with van der Waals surface area (Å²) in [7, 11) is 1.65. The van der Waals surface area contributed by atoms with Gasteiger partial charge in [-0.15, -0.1) is 0 Å². The van der Waals surface area contributed by atoms with Crippen molar-refractivity contribution in [2.45, 2.75) is 13.5 Å². The molecule has 4 heteroatoms. The largest absolute Gasteiger partial charge is 0.497 e. The van der Waals surface area contributed by atoms with Gasteiger partial charge in [-0.1, -0.05) is 0 Å². The third kappa shape index (κ3) is 2.59. The van der Waals surface area contributed by atoms with E-state index in [9.17, 15) is 0 Å². The first-order valence-electron chi connectivity index (χ1n) is 5.95. The van der Waals surface area contributed by atoms with Crippen molar-refractivity contribution in [3.63, 3.8) is 0 Å². The molecule has 0 aliphatic rings. The molecule has 96 valence electrons. The van der Waals surface area contributed by atoms with Crippen molar-refractivity contribution >= 4 is 11.4 Å². The first-order valence-corrected chi connectivity index (χ1v) is 5.95. The van der Waals surface area contributed by atoms with E-state index in [0.29, 0.717) is 6.54 Å². The van der Waals surface area contributed by atoms with Gasteiger partial charge in [-0.25, -0.2) is 0 Å². The SMILES string of the molecule is CCN(Cc1ccco1)c1cc(OC)ccc1N. The highest BCUT2D eigenvalue weighted by atomic mass is 16.5. The molecule has 2 aromatic rings. The van der Waals surface area contributed by atoms with Gasteiger partial charge in [0.25, 0.3) is 0 Å². The Balaban J connectivity index is 2.26. The number of hydrogen-bond donors (Lipinski definition) is 1.